The molecule has 1 heterocycles. The second-order valence-electron chi connectivity index (χ2n) is 2.96. The van der Waals surface area contributed by atoms with Crippen LogP contribution < -0.4 is 16.2 Å². The molecular weight excluding hydrogens is 192 g/mol. The van der Waals surface area contributed by atoms with Crippen LogP contribution in [0, 0.1) is 0 Å². The van der Waals surface area contributed by atoms with Gasteiger partial charge in [-0.1, -0.05) is 12.1 Å². The number of benzene rings is 1. The van der Waals surface area contributed by atoms with E-state index in [4.69, 9.17) is 5.73 Å². The summed E-state index contributed by atoms with van der Waals surface area (Å²) in [7, 11) is 0. The fourth-order valence-corrected chi connectivity index (χ4v) is 1.32. The first-order valence-corrected chi connectivity index (χ1v) is 4.41. The lowest BCUT2D eigenvalue weighted by molar-refractivity contribution is 0.100. The molecule has 0 aromatic heterocycles. The lowest BCUT2D eigenvalue weighted by Gasteiger charge is -2.22. The second-order valence-corrected chi connectivity index (χ2v) is 2.96. The van der Waals surface area contributed by atoms with Crippen LogP contribution >= 0.6 is 0 Å². The van der Waals surface area contributed by atoms with Gasteiger partial charge in [0.15, 0.2) is 0 Å². The topological polar surface area (TPSA) is 70.7 Å². The van der Waals surface area contributed by atoms with Crippen LogP contribution in [-0.4, -0.2) is 12.2 Å². The van der Waals surface area contributed by atoms with Gasteiger partial charge in [0.1, 0.15) is 6.34 Å². The Bertz CT molecular complexity index is 439. The Labute approximate surface area is 86.9 Å². The smallest absolute Gasteiger partial charge is 0.250 e. The van der Waals surface area contributed by atoms with Crippen LogP contribution in [0.15, 0.2) is 41.7 Å². The van der Waals surface area contributed by atoms with Gasteiger partial charge in [-0.25, -0.2) is 10.0 Å². The Balaban J connectivity index is 2.39. The lowest BCUT2D eigenvalue weighted by Crippen LogP contribution is -2.36. The third-order valence-electron chi connectivity index (χ3n) is 1.99. The maximum Gasteiger partial charge on any atom is 0.250 e. The van der Waals surface area contributed by atoms with Gasteiger partial charge >= 0.3 is 0 Å². The number of amides is 1. The molecule has 1 aliphatic heterocycles. The van der Waals surface area contributed by atoms with E-state index in [0.717, 1.165) is 0 Å². The first kappa shape index (κ1) is 9.26. The fraction of sp³-hybridized carbons (Fsp3) is 0. The van der Waals surface area contributed by atoms with Crippen molar-refractivity contribution in [2.45, 2.75) is 0 Å². The minimum absolute atomic E-state index is 0.451. The standard InChI is InChI=1S/C10H10N4O/c11-10(15)8-3-1-2-4-9(8)14-7-12-5-6-13-14/h1-7,13H,(H2,11,15). The van der Waals surface area contributed by atoms with E-state index in [-0.39, 0.29) is 0 Å². The number of anilines is 1. The van der Waals surface area contributed by atoms with Gasteiger partial charge in [0, 0.05) is 12.4 Å². The molecule has 5 heteroatoms. The van der Waals surface area contributed by atoms with Crippen LogP contribution in [0.1, 0.15) is 10.4 Å². The van der Waals surface area contributed by atoms with Crippen molar-refractivity contribution < 1.29 is 4.79 Å². The van der Waals surface area contributed by atoms with E-state index in [1.165, 1.54) is 0 Å². The number of nitrogens with two attached hydrogens (primary N) is 1. The molecule has 1 aromatic carbocycles. The molecule has 76 valence electrons. The summed E-state index contributed by atoms with van der Waals surface area (Å²) in [5.74, 6) is -0.463. The highest BCUT2D eigenvalue weighted by Crippen LogP contribution is 2.17. The molecule has 0 saturated carbocycles. The van der Waals surface area contributed by atoms with Gasteiger partial charge in [-0.05, 0) is 12.1 Å². The fourth-order valence-electron chi connectivity index (χ4n) is 1.32. The summed E-state index contributed by atoms with van der Waals surface area (Å²) in [5.41, 5.74) is 9.32. The number of hydrogen-bond donors (Lipinski definition) is 2. The summed E-state index contributed by atoms with van der Waals surface area (Å²) in [6, 6.07) is 7.06. The molecule has 2 rings (SSSR count). The van der Waals surface area contributed by atoms with Crippen molar-refractivity contribution in [3.05, 3.63) is 42.2 Å². The first-order chi connectivity index (χ1) is 7.29. The number of carbonyl (C=O) groups excluding carboxylic acids is 1. The van der Waals surface area contributed by atoms with Crippen molar-refractivity contribution in [2.24, 2.45) is 10.7 Å². The molecule has 0 spiro atoms. The van der Waals surface area contributed by atoms with Crippen molar-refractivity contribution in [3.8, 4) is 0 Å². The van der Waals surface area contributed by atoms with Crippen molar-refractivity contribution >= 4 is 17.9 Å². The van der Waals surface area contributed by atoms with Gasteiger partial charge in [-0.3, -0.25) is 10.2 Å². The molecule has 0 unspecified atom stereocenters. The molecule has 0 radical (unpaired) electrons. The lowest BCUT2D eigenvalue weighted by atomic mass is 10.1. The molecule has 0 saturated heterocycles. The predicted molar refractivity (Wildman–Crippen MR) is 58.2 cm³/mol. The number of rotatable bonds is 2. The predicted octanol–water partition coefficient (Wildman–Crippen LogP) is 0.610. The monoisotopic (exact) mass is 202 g/mol. The Kier molecular flexibility index (Phi) is 2.37. The number of nitrogens with zero attached hydrogens (tertiary/aromatic N) is 2. The summed E-state index contributed by atoms with van der Waals surface area (Å²) >= 11 is 0. The van der Waals surface area contributed by atoms with E-state index in [0.29, 0.717) is 11.3 Å². The molecule has 0 atom stereocenters. The van der Waals surface area contributed by atoms with Crippen LogP contribution in [0.25, 0.3) is 0 Å². The highest BCUT2D eigenvalue weighted by Gasteiger charge is 2.12. The highest BCUT2D eigenvalue weighted by atomic mass is 16.1. The van der Waals surface area contributed by atoms with Gasteiger partial charge < -0.3 is 5.73 Å². The largest absolute Gasteiger partial charge is 0.366 e. The first-order valence-electron chi connectivity index (χ1n) is 4.41. The minimum atomic E-state index is -0.463. The van der Waals surface area contributed by atoms with Gasteiger partial charge in [0.05, 0.1) is 11.3 Å². The number of carbonyl (C=O) groups is 1. The average Bonchev–Trinajstić information content (AvgIpc) is 2.30. The zero-order chi connectivity index (χ0) is 10.7. The molecule has 1 aliphatic rings. The molecule has 15 heavy (non-hydrogen) atoms. The van der Waals surface area contributed by atoms with Gasteiger partial charge in [-0.2, -0.15) is 0 Å². The van der Waals surface area contributed by atoms with Gasteiger partial charge in [0.2, 0.25) is 0 Å². The van der Waals surface area contributed by atoms with Crippen molar-refractivity contribution in [2.75, 3.05) is 5.01 Å². The third-order valence-corrected chi connectivity index (χ3v) is 1.99. The number of aliphatic imine (C=N–C) groups is 1. The van der Waals surface area contributed by atoms with Crippen LogP contribution in [0.4, 0.5) is 5.69 Å². The normalized spacial score (nSPS) is 13.7. The Morgan fingerprint density at radius 2 is 2.20 bits per heavy atom. The SMILES string of the molecule is NC(=O)c1ccccc1N1C=NC=CN1. The van der Waals surface area contributed by atoms with E-state index in [2.05, 4.69) is 10.4 Å². The number of nitrogens with one attached hydrogen (secondary N) is 1. The molecule has 1 amide bonds. The summed E-state index contributed by atoms with van der Waals surface area (Å²) in [4.78, 5) is 15.1. The molecule has 0 fully saturated rings. The molecule has 0 bridgehead atoms. The van der Waals surface area contributed by atoms with E-state index in [1.807, 2.05) is 6.07 Å². The highest BCUT2D eigenvalue weighted by molar-refractivity contribution is 6.01. The molecule has 0 aliphatic carbocycles. The molecule has 5 nitrogen and oxygen atoms in total. The summed E-state index contributed by atoms with van der Waals surface area (Å²) in [6.07, 6.45) is 4.85. The number of hydrogen-bond acceptors (Lipinski definition) is 4. The van der Waals surface area contributed by atoms with Crippen LogP contribution in [-0.2, 0) is 0 Å². The number of para-hydroxylation sites is 1. The average molecular weight is 202 g/mol. The molecule has 3 N–H and O–H groups in total. The Hall–Kier alpha value is -2.30. The van der Waals surface area contributed by atoms with Gasteiger partial charge in [-0.15, -0.1) is 0 Å². The molecular formula is C10H10N4O. The van der Waals surface area contributed by atoms with Crippen molar-refractivity contribution in [3.63, 3.8) is 0 Å². The van der Waals surface area contributed by atoms with Crippen molar-refractivity contribution in [1.29, 1.82) is 0 Å². The summed E-state index contributed by atoms with van der Waals surface area (Å²) in [6.45, 7) is 0. The van der Waals surface area contributed by atoms with Crippen molar-refractivity contribution in [1.82, 2.24) is 5.43 Å². The van der Waals surface area contributed by atoms with Crippen LogP contribution in [0.5, 0.6) is 0 Å². The van der Waals surface area contributed by atoms with E-state index < -0.39 is 5.91 Å². The number of hydrazine groups is 1. The van der Waals surface area contributed by atoms with Gasteiger partial charge in [0.25, 0.3) is 5.91 Å². The summed E-state index contributed by atoms with van der Waals surface area (Å²) in [5, 5.41) is 1.63. The Morgan fingerprint density at radius 3 is 2.87 bits per heavy atom. The van der Waals surface area contributed by atoms with E-state index in [9.17, 15) is 4.79 Å². The Morgan fingerprint density at radius 1 is 1.40 bits per heavy atom. The third kappa shape index (κ3) is 1.80. The van der Waals surface area contributed by atoms with Crippen LogP contribution in [0.2, 0.25) is 0 Å². The maximum atomic E-state index is 11.2. The maximum absolute atomic E-state index is 11.2. The molecule has 1 aromatic rings. The minimum Gasteiger partial charge on any atom is -0.366 e. The zero-order valence-corrected chi connectivity index (χ0v) is 7.92. The van der Waals surface area contributed by atoms with E-state index in [1.54, 1.807) is 41.9 Å². The van der Waals surface area contributed by atoms with Crippen LogP contribution in [0.3, 0.4) is 0 Å². The second kappa shape index (κ2) is 3.83. The number of primary amides is 1. The van der Waals surface area contributed by atoms with E-state index >= 15 is 0 Å². The zero-order valence-electron chi connectivity index (χ0n) is 7.92. The quantitative estimate of drug-likeness (QED) is 0.738. The summed E-state index contributed by atoms with van der Waals surface area (Å²) < 4.78 is 0.